The summed E-state index contributed by atoms with van der Waals surface area (Å²) in [6.45, 7) is 4.05. The van der Waals surface area contributed by atoms with E-state index in [-0.39, 0.29) is 6.10 Å². The van der Waals surface area contributed by atoms with Gasteiger partial charge in [0.05, 0.1) is 4.90 Å². The molecule has 4 nitrogen and oxygen atoms in total. The van der Waals surface area contributed by atoms with E-state index in [0.29, 0.717) is 4.90 Å². The van der Waals surface area contributed by atoms with Gasteiger partial charge in [-0.05, 0) is 31.9 Å². The van der Waals surface area contributed by atoms with Crippen molar-refractivity contribution in [2.75, 3.05) is 0 Å². The van der Waals surface area contributed by atoms with E-state index in [2.05, 4.69) is 11.9 Å². The summed E-state index contributed by atoms with van der Waals surface area (Å²) in [7, 11) is -3.46. The zero-order valence-electron chi connectivity index (χ0n) is 12.0. The molecule has 2 atom stereocenters. The number of unbranched alkanes of at least 4 members (excludes halogenated alkanes) is 2. The zero-order chi connectivity index (χ0) is 14.6. The first-order valence-electron chi connectivity index (χ1n) is 7.03. The van der Waals surface area contributed by atoms with Crippen molar-refractivity contribution < 1.29 is 13.2 Å². The summed E-state index contributed by atoms with van der Waals surface area (Å²) in [6.07, 6.45) is 4.80. The molecule has 0 saturated carbocycles. The van der Waals surface area contributed by atoms with Crippen LogP contribution in [0.3, 0.4) is 0 Å². The van der Waals surface area contributed by atoms with Crippen molar-refractivity contribution in [2.45, 2.75) is 55.9 Å². The fraction of sp³-hybridized carbons (Fsp3) is 0.533. The van der Waals surface area contributed by atoms with Crippen molar-refractivity contribution in [3.63, 3.8) is 0 Å². The minimum absolute atomic E-state index is 0.316. The molecule has 0 aromatic heterocycles. The molecular formula is C15H21NO3S. The third-order valence-electron chi connectivity index (χ3n) is 3.52. The molecule has 5 heteroatoms. The van der Waals surface area contributed by atoms with Crippen molar-refractivity contribution in [3.8, 4) is 0 Å². The second-order valence-corrected chi connectivity index (χ2v) is 7.22. The highest BCUT2D eigenvalue weighted by atomic mass is 32.2. The minimum atomic E-state index is -3.46. The highest BCUT2D eigenvalue weighted by molar-refractivity contribution is 7.92. The van der Waals surface area contributed by atoms with Gasteiger partial charge in [0.2, 0.25) is 9.84 Å². The first-order valence-corrected chi connectivity index (χ1v) is 8.58. The Morgan fingerprint density at radius 2 is 1.90 bits per heavy atom. The number of rotatable bonds is 6. The Morgan fingerprint density at radius 1 is 1.20 bits per heavy atom. The summed E-state index contributed by atoms with van der Waals surface area (Å²) in [6, 6.07) is 6.89. The number of sulfone groups is 1. The van der Waals surface area contributed by atoms with Crippen molar-refractivity contribution in [2.24, 2.45) is 4.99 Å². The number of hydrogen-bond donors (Lipinski definition) is 0. The number of nitrogens with zero attached hydrogens (tertiary/aromatic N) is 1. The molecule has 0 radical (unpaired) electrons. The van der Waals surface area contributed by atoms with E-state index in [1.807, 2.05) is 6.92 Å². The normalized spacial score (nSPS) is 21.9. The van der Waals surface area contributed by atoms with E-state index >= 15 is 0 Å². The lowest BCUT2D eigenvalue weighted by Crippen LogP contribution is -2.30. The number of ether oxygens (including phenoxy) is 1. The number of aliphatic imine (C=N–C) groups is 1. The van der Waals surface area contributed by atoms with Crippen LogP contribution in [0.25, 0.3) is 0 Å². The van der Waals surface area contributed by atoms with Gasteiger partial charge in [-0.1, -0.05) is 37.5 Å². The molecule has 2 rings (SSSR count). The SMILES string of the molecule is CCCCC[C@@H]1OC=N[C@H]1S(=O)(=O)c1ccc(C)cc1. The van der Waals surface area contributed by atoms with Gasteiger partial charge in [-0.15, -0.1) is 0 Å². The van der Waals surface area contributed by atoms with Crippen LogP contribution in [-0.4, -0.2) is 26.3 Å². The summed E-state index contributed by atoms with van der Waals surface area (Å²) in [5.74, 6) is 0. The molecular weight excluding hydrogens is 274 g/mol. The van der Waals surface area contributed by atoms with E-state index in [9.17, 15) is 8.42 Å². The summed E-state index contributed by atoms with van der Waals surface area (Å²) in [4.78, 5) is 4.35. The molecule has 0 aliphatic carbocycles. The first kappa shape index (κ1) is 15.0. The Morgan fingerprint density at radius 3 is 2.55 bits per heavy atom. The van der Waals surface area contributed by atoms with E-state index < -0.39 is 15.2 Å². The molecule has 1 aromatic rings. The van der Waals surface area contributed by atoms with Crippen LogP contribution in [0.15, 0.2) is 34.2 Å². The lowest BCUT2D eigenvalue weighted by atomic mass is 10.1. The predicted octanol–water partition coefficient (Wildman–Crippen LogP) is 3.10. The average Bonchev–Trinajstić information content (AvgIpc) is 2.89. The summed E-state index contributed by atoms with van der Waals surface area (Å²) in [5.41, 5.74) is 1.04. The topological polar surface area (TPSA) is 55.7 Å². The van der Waals surface area contributed by atoms with Gasteiger partial charge < -0.3 is 4.74 Å². The van der Waals surface area contributed by atoms with Crippen LogP contribution >= 0.6 is 0 Å². The maximum Gasteiger partial charge on any atom is 0.205 e. The number of benzene rings is 1. The van der Waals surface area contributed by atoms with Crippen molar-refractivity contribution in [3.05, 3.63) is 29.8 Å². The molecule has 110 valence electrons. The smallest absolute Gasteiger partial charge is 0.205 e. The Hall–Kier alpha value is -1.36. The molecule has 0 bridgehead atoms. The fourth-order valence-electron chi connectivity index (χ4n) is 2.29. The zero-order valence-corrected chi connectivity index (χ0v) is 12.8. The van der Waals surface area contributed by atoms with Crippen LogP contribution in [0.1, 0.15) is 38.2 Å². The van der Waals surface area contributed by atoms with Gasteiger partial charge in [-0.3, -0.25) is 0 Å². The van der Waals surface area contributed by atoms with Crippen molar-refractivity contribution in [1.82, 2.24) is 0 Å². The Bertz CT molecular complexity index is 563. The maximum atomic E-state index is 12.6. The van der Waals surface area contributed by atoms with Crippen LogP contribution < -0.4 is 0 Å². The molecule has 0 unspecified atom stereocenters. The van der Waals surface area contributed by atoms with Gasteiger partial charge in [0.1, 0.15) is 6.10 Å². The van der Waals surface area contributed by atoms with E-state index in [1.165, 1.54) is 6.40 Å². The summed E-state index contributed by atoms with van der Waals surface area (Å²) < 4.78 is 30.6. The Balaban J connectivity index is 2.15. The first-order chi connectivity index (χ1) is 9.55. The van der Waals surface area contributed by atoms with Crippen LogP contribution in [0.2, 0.25) is 0 Å². The number of hydrogen-bond acceptors (Lipinski definition) is 4. The largest absolute Gasteiger partial charge is 0.477 e. The molecule has 1 aliphatic heterocycles. The van der Waals surface area contributed by atoms with Crippen LogP contribution in [0.4, 0.5) is 0 Å². The second kappa shape index (κ2) is 6.39. The molecule has 1 aromatic carbocycles. The Kier molecular flexibility index (Phi) is 4.81. The molecule has 0 fully saturated rings. The fourth-order valence-corrected chi connectivity index (χ4v) is 3.89. The third-order valence-corrected chi connectivity index (χ3v) is 5.51. The average molecular weight is 295 g/mol. The third kappa shape index (κ3) is 3.20. The van der Waals surface area contributed by atoms with Crippen molar-refractivity contribution in [1.29, 1.82) is 0 Å². The standard InChI is InChI=1S/C15H21NO3S/c1-3-4-5-6-14-15(16-11-19-14)20(17,18)13-9-7-12(2)8-10-13/h7-11,14-15H,3-6H2,1-2H3/t14-,15-/m0/s1. The van der Waals surface area contributed by atoms with Gasteiger partial charge in [0, 0.05) is 0 Å². The van der Waals surface area contributed by atoms with Gasteiger partial charge in [0.25, 0.3) is 0 Å². The quantitative estimate of drug-likeness (QED) is 0.758. The van der Waals surface area contributed by atoms with Gasteiger partial charge >= 0.3 is 0 Å². The van der Waals surface area contributed by atoms with E-state index in [4.69, 9.17) is 4.74 Å². The lowest BCUT2D eigenvalue weighted by molar-refractivity contribution is 0.206. The molecule has 1 heterocycles. The van der Waals surface area contributed by atoms with Crippen LogP contribution in [-0.2, 0) is 14.6 Å². The summed E-state index contributed by atoms with van der Waals surface area (Å²) in [5, 5.41) is -0.804. The maximum absolute atomic E-state index is 12.6. The highest BCUT2D eigenvalue weighted by Crippen LogP contribution is 2.26. The summed E-state index contributed by atoms with van der Waals surface area (Å²) >= 11 is 0. The molecule has 1 aliphatic rings. The van der Waals surface area contributed by atoms with E-state index in [1.54, 1.807) is 24.3 Å². The Labute approximate surface area is 120 Å². The number of aryl methyl sites for hydroxylation is 1. The second-order valence-electron chi connectivity index (χ2n) is 5.17. The molecule has 0 saturated heterocycles. The van der Waals surface area contributed by atoms with Crippen LogP contribution in [0, 0.1) is 6.92 Å². The van der Waals surface area contributed by atoms with E-state index in [0.717, 1.165) is 31.2 Å². The van der Waals surface area contributed by atoms with Gasteiger partial charge in [0.15, 0.2) is 11.8 Å². The predicted molar refractivity (Wildman–Crippen MR) is 79.7 cm³/mol. The minimum Gasteiger partial charge on any atom is -0.477 e. The monoisotopic (exact) mass is 295 g/mol. The van der Waals surface area contributed by atoms with Crippen molar-refractivity contribution >= 4 is 16.2 Å². The molecule has 0 amide bonds. The molecule has 20 heavy (non-hydrogen) atoms. The van der Waals surface area contributed by atoms with Gasteiger partial charge in [-0.25, -0.2) is 13.4 Å². The highest BCUT2D eigenvalue weighted by Gasteiger charge is 2.38. The molecule has 0 spiro atoms. The van der Waals surface area contributed by atoms with Gasteiger partial charge in [-0.2, -0.15) is 0 Å². The lowest BCUT2D eigenvalue weighted by Gasteiger charge is -2.17. The molecule has 0 N–H and O–H groups in total. The van der Waals surface area contributed by atoms with Crippen LogP contribution in [0.5, 0.6) is 0 Å².